The predicted octanol–water partition coefficient (Wildman–Crippen LogP) is 3.77. The molecule has 1 saturated heterocycles. The number of nitrogens with zero attached hydrogens (tertiary/aromatic N) is 7. The lowest BCUT2D eigenvalue weighted by atomic mass is 9.85. The van der Waals surface area contributed by atoms with Crippen LogP contribution < -0.4 is 11.1 Å². The smallest absolute Gasteiger partial charge is 0.272 e. The summed E-state index contributed by atoms with van der Waals surface area (Å²) in [5.74, 6) is -0.0881. The van der Waals surface area contributed by atoms with Crippen LogP contribution in [-0.2, 0) is 11.3 Å². The number of nitrogens with two attached hydrogens (primary N) is 1. The van der Waals surface area contributed by atoms with Crippen LogP contribution in [0.25, 0.3) is 22.6 Å². The number of benzene rings is 2. The van der Waals surface area contributed by atoms with E-state index < -0.39 is 12.1 Å². The van der Waals surface area contributed by atoms with Crippen molar-refractivity contribution in [2.45, 2.75) is 38.0 Å². The van der Waals surface area contributed by atoms with Gasteiger partial charge in [-0.25, -0.2) is 9.37 Å². The molecule has 4 heterocycles. The molecule has 5 aromatic rings. The Morgan fingerprint density at radius 3 is 2.61 bits per heavy atom. The van der Waals surface area contributed by atoms with Gasteiger partial charge in [-0.2, -0.15) is 4.80 Å². The number of oxazole rings is 1. The van der Waals surface area contributed by atoms with E-state index in [2.05, 4.69) is 42.8 Å². The number of piperidine rings is 1. The Morgan fingerprint density at radius 2 is 1.89 bits per heavy atom. The molecule has 2 amide bonds. The Labute approximate surface area is 251 Å². The van der Waals surface area contributed by atoms with Crippen molar-refractivity contribution in [3.8, 4) is 11.5 Å². The van der Waals surface area contributed by atoms with Crippen LogP contribution in [0, 0.1) is 11.8 Å². The van der Waals surface area contributed by atoms with Crippen LogP contribution in [0.4, 0.5) is 10.1 Å². The number of pyridine rings is 1. The average molecular weight is 596 g/mol. The minimum absolute atomic E-state index is 0.120. The molecule has 3 atom stereocenters. The molecule has 1 saturated carbocycles. The molecule has 3 N–H and O–H groups in total. The lowest BCUT2D eigenvalue weighted by Gasteiger charge is -2.35. The lowest BCUT2D eigenvalue weighted by molar-refractivity contribution is -0.117. The van der Waals surface area contributed by atoms with Crippen molar-refractivity contribution in [3.63, 3.8) is 0 Å². The maximum Gasteiger partial charge on any atom is 0.272 e. The second kappa shape index (κ2) is 11.6. The summed E-state index contributed by atoms with van der Waals surface area (Å²) in [4.78, 5) is 38.0. The van der Waals surface area contributed by atoms with E-state index in [0.717, 1.165) is 18.4 Å². The summed E-state index contributed by atoms with van der Waals surface area (Å²) >= 11 is 0. The summed E-state index contributed by atoms with van der Waals surface area (Å²) in [6, 6.07) is 18.4. The zero-order valence-corrected chi connectivity index (χ0v) is 23.7. The largest absolute Gasteiger partial charge is 0.436 e. The second-order valence-corrected chi connectivity index (χ2v) is 11.2. The van der Waals surface area contributed by atoms with Gasteiger partial charge in [0, 0.05) is 30.5 Å². The van der Waals surface area contributed by atoms with Crippen molar-refractivity contribution in [2.24, 2.45) is 17.6 Å². The van der Waals surface area contributed by atoms with Crippen LogP contribution in [0.2, 0.25) is 0 Å². The van der Waals surface area contributed by atoms with Gasteiger partial charge < -0.3 is 20.4 Å². The number of hydrogen-bond acceptors (Lipinski definition) is 9. The summed E-state index contributed by atoms with van der Waals surface area (Å²) < 4.78 is 19.2. The van der Waals surface area contributed by atoms with Gasteiger partial charge in [0.15, 0.2) is 11.4 Å². The normalized spacial score (nSPS) is 19.2. The number of tetrazole rings is 1. The van der Waals surface area contributed by atoms with E-state index in [1.807, 2.05) is 23.1 Å². The van der Waals surface area contributed by atoms with Gasteiger partial charge in [0.1, 0.15) is 23.4 Å². The van der Waals surface area contributed by atoms with Crippen LogP contribution in [-0.4, -0.2) is 66.2 Å². The molecule has 1 aliphatic carbocycles. The van der Waals surface area contributed by atoms with E-state index in [9.17, 15) is 14.0 Å². The molecular weight excluding hydrogens is 565 g/mol. The monoisotopic (exact) mass is 595 g/mol. The third-order valence-corrected chi connectivity index (χ3v) is 8.25. The van der Waals surface area contributed by atoms with Gasteiger partial charge in [0.25, 0.3) is 5.91 Å². The van der Waals surface area contributed by atoms with Crippen LogP contribution in [0.3, 0.4) is 0 Å². The minimum atomic E-state index is -1.07. The molecular formula is C31H30FN9O3. The number of amides is 2. The van der Waals surface area contributed by atoms with E-state index in [-0.39, 0.29) is 36.7 Å². The fraction of sp³-hybridized carbons (Fsp3) is 0.323. The third-order valence-electron chi connectivity index (χ3n) is 8.25. The highest BCUT2D eigenvalue weighted by Gasteiger charge is 2.43. The van der Waals surface area contributed by atoms with Crippen molar-refractivity contribution in [2.75, 3.05) is 18.4 Å². The number of carbonyl (C=O) groups excluding carboxylic acids is 2. The summed E-state index contributed by atoms with van der Waals surface area (Å²) in [6.45, 7) is 1.32. The first-order valence-electron chi connectivity index (χ1n) is 14.6. The Hall–Kier alpha value is -5.04. The van der Waals surface area contributed by atoms with Crippen molar-refractivity contribution in [3.05, 3.63) is 83.9 Å². The second-order valence-electron chi connectivity index (χ2n) is 11.2. The summed E-state index contributed by atoms with van der Waals surface area (Å²) in [6.07, 6.45) is 2.26. The van der Waals surface area contributed by atoms with Gasteiger partial charge >= 0.3 is 0 Å². The zero-order valence-electron chi connectivity index (χ0n) is 23.7. The Morgan fingerprint density at radius 1 is 1.09 bits per heavy atom. The zero-order chi connectivity index (χ0) is 30.2. The van der Waals surface area contributed by atoms with E-state index in [0.29, 0.717) is 52.8 Å². The lowest BCUT2D eigenvalue weighted by Crippen LogP contribution is -2.41. The Balaban J connectivity index is 1.05. The molecule has 3 aromatic heterocycles. The van der Waals surface area contributed by atoms with Crippen molar-refractivity contribution in [1.82, 2.24) is 35.1 Å². The number of likely N-dealkylation sites (tertiary alicyclic amines) is 1. The van der Waals surface area contributed by atoms with E-state index in [1.165, 1.54) is 0 Å². The molecule has 2 fully saturated rings. The number of fused-ring (bicyclic) bond motifs is 1. The predicted molar refractivity (Wildman–Crippen MR) is 158 cm³/mol. The number of carbonyl (C=O) groups is 2. The van der Waals surface area contributed by atoms with Gasteiger partial charge in [-0.15, -0.1) is 10.2 Å². The molecule has 0 unspecified atom stereocenters. The molecule has 7 rings (SSSR count). The highest BCUT2D eigenvalue weighted by molar-refractivity contribution is 5.96. The molecule has 0 radical (unpaired) electrons. The minimum Gasteiger partial charge on any atom is -0.436 e. The van der Waals surface area contributed by atoms with Gasteiger partial charge in [-0.05, 0) is 66.3 Å². The maximum atomic E-state index is 13.5. The third kappa shape index (κ3) is 5.53. The molecule has 44 heavy (non-hydrogen) atoms. The van der Waals surface area contributed by atoms with Crippen molar-refractivity contribution in [1.29, 1.82) is 0 Å². The number of anilines is 1. The first kappa shape index (κ1) is 27.8. The highest BCUT2D eigenvalue weighted by Crippen LogP contribution is 2.36. The molecule has 13 heteroatoms. The average Bonchev–Trinajstić information content (AvgIpc) is 3.41. The van der Waals surface area contributed by atoms with Crippen molar-refractivity contribution < 1.29 is 18.4 Å². The van der Waals surface area contributed by atoms with E-state index >= 15 is 0 Å². The van der Waals surface area contributed by atoms with Gasteiger partial charge in [-0.3, -0.25) is 14.6 Å². The highest BCUT2D eigenvalue weighted by atomic mass is 19.1. The SMILES string of the molecule is NCc1nnn([C@H](c2ccccc2)C2CCN(C(=O)c3cc(-c4nc5cc(NC(=O)[C@@H]6C[C@@H]6F)ccc5o4)ccn3)CC2)n1. The molecule has 224 valence electrons. The van der Waals surface area contributed by atoms with Crippen LogP contribution in [0.15, 0.2) is 71.3 Å². The van der Waals surface area contributed by atoms with Crippen LogP contribution >= 0.6 is 0 Å². The number of halogens is 1. The quantitative estimate of drug-likeness (QED) is 0.272. The summed E-state index contributed by atoms with van der Waals surface area (Å²) in [7, 11) is 0. The summed E-state index contributed by atoms with van der Waals surface area (Å²) in [5.41, 5.74) is 9.29. The molecule has 0 bridgehead atoms. The maximum absolute atomic E-state index is 13.5. The Bertz CT molecular complexity index is 1820. The summed E-state index contributed by atoms with van der Waals surface area (Å²) in [5, 5.41) is 15.6. The van der Waals surface area contributed by atoms with E-state index in [4.69, 9.17) is 10.2 Å². The van der Waals surface area contributed by atoms with Crippen LogP contribution in [0.1, 0.15) is 47.2 Å². The van der Waals surface area contributed by atoms with Gasteiger partial charge in [-0.1, -0.05) is 30.3 Å². The first-order valence-corrected chi connectivity index (χ1v) is 14.6. The number of hydrogen-bond donors (Lipinski definition) is 2. The van der Waals surface area contributed by atoms with Crippen LogP contribution in [0.5, 0.6) is 0 Å². The van der Waals surface area contributed by atoms with Crippen molar-refractivity contribution >= 4 is 28.6 Å². The first-order chi connectivity index (χ1) is 21.5. The van der Waals surface area contributed by atoms with E-state index in [1.54, 1.807) is 41.3 Å². The molecule has 1 aliphatic heterocycles. The fourth-order valence-corrected chi connectivity index (χ4v) is 5.76. The van der Waals surface area contributed by atoms with Gasteiger partial charge in [0.2, 0.25) is 11.8 Å². The molecule has 12 nitrogen and oxygen atoms in total. The Kier molecular flexibility index (Phi) is 7.30. The number of nitrogens with one attached hydrogen (secondary N) is 1. The number of rotatable bonds is 8. The topological polar surface area (TPSA) is 158 Å². The molecule has 0 spiro atoms. The standard InChI is InChI=1S/C31H30FN9O3/c32-23-16-22(23)29(42)35-21-6-7-26-24(15-21)36-30(44-26)20-8-11-34-25(14-20)31(43)40-12-9-19(10-13-40)28(18-4-2-1-3-5-18)41-38-27(17-33)37-39-41/h1-8,11,14-15,19,22-23,28H,9-10,12-13,16-17,33H2,(H,35,42)/t22-,23+,28-/m1/s1. The molecule has 2 aromatic carbocycles. The van der Waals surface area contributed by atoms with Gasteiger partial charge in [0.05, 0.1) is 12.5 Å². The number of alkyl halides is 1. The molecule has 2 aliphatic rings. The number of aromatic nitrogens is 6. The fourth-order valence-electron chi connectivity index (χ4n) is 5.76.